The fourth-order valence-electron chi connectivity index (χ4n) is 0.340. The van der Waals surface area contributed by atoms with Gasteiger partial charge in [-0.15, -0.1) is 0 Å². The minimum atomic E-state index is -0.935. The summed E-state index contributed by atoms with van der Waals surface area (Å²) in [6.07, 6.45) is 1.59. The Balaban J connectivity index is 3.92. The summed E-state index contributed by atoms with van der Waals surface area (Å²) in [4.78, 5) is 10.0. The average Bonchev–Trinajstić information content (AvgIpc) is 1.69. The summed E-state index contributed by atoms with van der Waals surface area (Å²) in [5.74, 6) is -0.935. The third-order valence-electron chi connectivity index (χ3n) is 0.857. The lowest BCUT2D eigenvalue weighted by Crippen LogP contribution is -2.01. The van der Waals surface area contributed by atoms with Crippen LogP contribution in [0.3, 0.4) is 0 Å². The van der Waals surface area contributed by atoms with Gasteiger partial charge in [-0.25, -0.2) is 4.79 Å². The number of carboxylic acids is 1. The van der Waals surface area contributed by atoms with Gasteiger partial charge in [0.1, 0.15) is 0 Å². The van der Waals surface area contributed by atoms with Crippen LogP contribution in [0.25, 0.3) is 0 Å². The average molecular weight is 115 g/mol. The molecule has 0 saturated heterocycles. The lowest BCUT2D eigenvalue weighted by molar-refractivity contribution is -0.132. The van der Waals surface area contributed by atoms with E-state index in [0.29, 0.717) is 6.42 Å². The van der Waals surface area contributed by atoms with Crippen LogP contribution in [0.1, 0.15) is 13.3 Å². The Kier molecular flexibility index (Phi) is 2.69. The van der Waals surface area contributed by atoms with Crippen LogP contribution in [0.5, 0.6) is 0 Å². The number of aliphatic carboxylic acids is 1. The van der Waals surface area contributed by atoms with Crippen LogP contribution in [-0.2, 0) is 4.79 Å². The molecule has 3 heteroatoms. The van der Waals surface area contributed by atoms with Crippen molar-refractivity contribution in [1.82, 2.24) is 0 Å². The van der Waals surface area contributed by atoms with Crippen molar-refractivity contribution in [2.24, 2.45) is 5.73 Å². The molecular formula is C5H9NO2. The molecular weight excluding hydrogens is 106 g/mol. The van der Waals surface area contributed by atoms with Crippen molar-refractivity contribution in [3.05, 3.63) is 11.8 Å². The topological polar surface area (TPSA) is 63.3 Å². The molecule has 8 heavy (non-hydrogen) atoms. The van der Waals surface area contributed by atoms with E-state index in [9.17, 15) is 4.79 Å². The van der Waals surface area contributed by atoms with Crippen LogP contribution in [0.15, 0.2) is 11.8 Å². The molecule has 0 unspecified atom stereocenters. The maximum atomic E-state index is 10.0. The number of nitrogens with two attached hydrogens (primary N) is 1. The van der Waals surface area contributed by atoms with Gasteiger partial charge in [-0.05, 0) is 6.42 Å². The van der Waals surface area contributed by atoms with E-state index >= 15 is 0 Å². The first-order valence-corrected chi connectivity index (χ1v) is 2.36. The summed E-state index contributed by atoms with van der Waals surface area (Å²) >= 11 is 0. The smallest absolute Gasteiger partial charge is 0.333 e. The maximum absolute atomic E-state index is 10.0. The molecule has 0 saturated carbocycles. The van der Waals surface area contributed by atoms with Crippen molar-refractivity contribution in [1.29, 1.82) is 0 Å². The molecule has 0 amide bonds. The molecule has 0 rings (SSSR count). The predicted molar refractivity (Wildman–Crippen MR) is 30.2 cm³/mol. The zero-order valence-corrected chi connectivity index (χ0v) is 4.72. The molecule has 3 nitrogen and oxygen atoms in total. The fourth-order valence-corrected chi connectivity index (χ4v) is 0.340. The molecule has 0 aliphatic carbocycles. The second kappa shape index (κ2) is 3.07. The number of hydrogen-bond donors (Lipinski definition) is 2. The number of hydrogen-bond acceptors (Lipinski definition) is 2. The van der Waals surface area contributed by atoms with E-state index in [4.69, 9.17) is 10.8 Å². The second-order valence-electron chi connectivity index (χ2n) is 1.35. The van der Waals surface area contributed by atoms with E-state index < -0.39 is 5.97 Å². The summed E-state index contributed by atoms with van der Waals surface area (Å²) in [6, 6.07) is 0. The number of carboxylic acid groups (broad SMARTS) is 1. The van der Waals surface area contributed by atoms with Crippen molar-refractivity contribution < 1.29 is 9.90 Å². The van der Waals surface area contributed by atoms with Crippen LogP contribution in [0.4, 0.5) is 0 Å². The zero-order valence-electron chi connectivity index (χ0n) is 4.72. The van der Waals surface area contributed by atoms with Crippen LogP contribution in [0, 0.1) is 0 Å². The Hall–Kier alpha value is -0.990. The third kappa shape index (κ3) is 1.64. The predicted octanol–water partition coefficient (Wildman–Crippen LogP) is 0.324. The van der Waals surface area contributed by atoms with Crippen molar-refractivity contribution in [2.75, 3.05) is 0 Å². The highest BCUT2D eigenvalue weighted by Crippen LogP contribution is 1.95. The first-order valence-electron chi connectivity index (χ1n) is 2.36. The zero-order chi connectivity index (χ0) is 6.57. The lowest BCUT2D eigenvalue weighted by Gasteiger charge is -1.90. The minimum Gasteiger partial charge on any atom is -0.478 e. The Labute approximate surface area is 47.8 Å². The van der Waals surface area contributed by atoms with Crippen LogP contribution in [-0.4, -0.2) is 11.1 Å². The molecule has 0 aliphatic heterocycles. The molecule has 0 fully saturated rings. The fraction of sp³-hybridized carbons (Fsp3) is 0.400. The van der Waals surface area contributed by atoms with Gasteiger partial charge in [0.25, 0.3) is 0 Å². The molecule has 3 N–H and O–H groups in total. The largest absolute Gasteiger partial charge is 0.478 e. The van der Waals surface area contributed by atoms with Gasteiger partial charge in [-0.1, -0.05) is 6.92 Å². The quantitative estimate of drug-likeness (QED) is 0.509. The first kappa shape index (κ1) is 7.01. The molecule has 0 atom stereocenters. The maximum Gasteiger partial charge on any atom is 0.333 e. The Bertz CT molecular complexity index is 118. The molecule has 46 valence electrons. The summed E-state index contributed by atoms with van der Waals surface area (Å²) in [5, 5.41) is 8.22. The number of carbonyl (C=O) groups is 1. The van der Waals surface area contributed by atoms with E-state index in [0.717, 1.165) is 6.20 Å². The summed E-state index contributed by atoms with van der Waals surface area (Å²) < 4.78 is 0. The molecule has 0 aliphatic rings. The van der Waals surface area contributed by atoms with Gasteiger partial charge < -0.3 is 10.8 Å². The summed E-state index contributed by atoms with van der Waals surface area (Å²) in [7, 11) is 0. The first-order chi connectivity index (χ1) is 3.72. The van der Waals surface area contributed by atoms with E-state index in [1.165, 1.54) is 0 Å². The van der Waals surface area contributed by atoms with E-state index in [1.54, 1.807) is 6.92 Å². The molecule has 0 spiro atoms. The van der Waals surface area contributed by atoms with E-state index in [1.807, 2.05) is 0 Å². The molecule has 0 aromatic carbocycles. The molecule has 0 heterocycles. The second-order valence-corrected chi connectivity index (χ2v) is 1.35. The van der Waals surface area contributed by atoms with Gasteiger partial charge >= 0.3 is 5.97 Å². The Morgan fingerprint density at radius 3 is 2.38 bits per heavy atom. The lowest BCUT2D eigenvalue weighted by atomic mass is 10.2. The van der Waals surface area contributed by atoms with Crippen molar-refractivity contribution in [2.45, 2.75) is 13.3 Å². The SMILES string of the molecule is CC/C(=C\N)C(=O)O. The molecule has 0 aromatic rings. The Morgan fingerprint density at radius 1 is 1.88 bits per heavy atom. The molecule has 0 aromatic heterocycles. The summed E-state index contributed by atoms with van der Waals surface area (Å²) in [5.41, 5.74) is 5.20. The van der Waals surface area contributed by atoms with Gasteiger partial charge in [0.15, 0.2) is 0 Å². The highest BCUT2D eigenvalue weighted by atomic mass is 16.4. The van der Waals surface area contributed by atoms with E-state index in [-0.39, 0.29) is 5.57 Å². The summed E-state index contributed by atoms with van der Waals surface area (Å²) in [6.45, 7) is 1.74. The normalized spacial score (nSPS) is 11.4. The highest BCUT2D eigenvalue weighted by Gasteiger charge is 2.00. The number of rotatable bonds is 2. The van der Waals surface area contributed by atoms with Crippen molar-refractivity contribution in [3.63, 3.8) is 0 Å². The van der Waals surface area contributed by atoms with Gasteiger partial charge in [0.2, 0.25) is 0 Å². The minimum absolute atomic E-state index is 0.255. The van der Waals surface area contributed by atoms with E-state index in [2.05, 4.69) is 0 Å². The molecule has 0 bridgehead atoms. The highest BCUT2D eigenvalue weighted by molar-refractivity contribution is 5.86. The van der Waals surface area contributed by atoms with Gasteiger partial charge in [-0.3, -0.25) is 0 Å². The van der Waals surface area contributed by atoms with Crippen LogP contribution >= 0.6 is 0 Å². The monoisotopic (exact) mass is 115 g/mol. The van der Waals surface area contributed by atoms with Crippen LogP contribution in [0.2, 0.25) is 0 Å². The van der Waals surface area contributed by atoms with Gasteiger partial charge in [0.05, 0.1) is 5.57 Å². The standard InChI is InChI=1S/C5H9NO2/c1-2-4(3-6)5(7)8/h3H,2,6H2,1H3,(H,7,8)/b4-3+. The Morgan fingerprint density at radius 2 is 2.38 bits per heavy atom. The van der Waals surface area contributed by atoms with Crippen molar-refractivity contribution >= 4 is 5.97 Å². The van der Waals surface area contributed by atoms with Gasteiger partial charge in [0, 0.05) is 6.20 Å². The van der Waals surface area contributed by atoms with Crippen molar-refractivity contribution in [3.8, 4) is 0 Å². The third-order valence-corrected chi connectivity index (χ3v) is 0.857. The van der Waals surface area contributed by atoms with Gasteiger partial charge in [-0.2, -0.15) is 0 Å². The molecule has 0 radical (unpaired) electrons. The van der Waals surface area contributed by atoms with Crippen LogP contribution < -0.4 is 5.73 Å².